The second kappa shape index (κ2) is 5.24. The first kappa shape index (κ1) is 13.3. The molecule has 0 saturated heterocycles. The highest BCUT2D eigenvalue weighted by molar-refractivity contribution is 5.15. The molecule has 1 fully saturated rings. The number of rotatable bonds is 4. The van der Waals surface area contributed by atoms with Gasteiger partial charge in [-0.3, -0.25) is 0 Å². The third kappa shape index (κ3) is 3.20. The monoisotopic (exact) mass is 260 g/mol. The molecule has 100 valence electrons. The Morgan fingerprint density at radius 3 is 2.67 bits per heavy atom. The van der Waals surface area contributed by atoms with Crippen LogP contribution in [0.5, 0.6) is 0 Å². The number of nitrogens with zero attached hydrogens (tertiary/aromatic N) is 1. The van der Waals surface area contributed by atoms with Gasteiger partial charge in [0.15, 0.2) is 0 Å². The highest BCUT2D eigenvalue weighted by Gasteiger charge is 2.32. The van der Waals surface area contributed by atoms with Gasteiger partial charge in [-0.2, -0.15) is 13.2 Å². The van der Waals surface area contributed by atoms with E-state index in [2.05, 4.69) is 10.3 Å². The highest BCUT2D eigenvalue weighted by atomic mass is 19.4. The van der Waals surface area contributed by atoms with Crippen LogP contribution in [0.3, 0.4) is 0 Å². The fourth-order valence-electron chi connectivity index (χ4n) is 1.79. The van der Waals surface area contributed by atoms with Gasteiger partial charge in [-0.1, -0.05) is 12.5 Å². The van der Waals surface area contributed by atoms with Crippen molar-refractivity contribution >= 4 is 0 Å². The third-order valence-corrected chi connectivity index (χ3v) is 3.11. The van der Waals surface area contributed by atoms with Gasteiger partial charge < -0.3 is 10.4 Å². The number of hydrogen-bond donors (Lipinski definition) is 2. The molecule has 1 aliphatic rings. The summed E-state index contributed by atoms with van der Waals surface area (Å²) in [6.07, 6.45) is -2.20. The Labute approximate surface area is 103 Å². The predicted octanol–water partition coefficient (Wildman–Crippen LogP) is 2.28. The SMILES string of the molecule is O[C@H](CNC1CCC1)c1cccc(C(F)(F)F)n1. The van der Waals surface area contributed by atoms with E-state index in [1.165, 1.54) is 12.1 Å². The lowest BCUT2D eigenvalue weighted by Gasteiger charge is -2.27. The quantitative estimate of drug-likeness (QED) is 0.873. The number of nitrogens with one attached hydrogen (secondary N) is 1. The predicted molar refractivity (Wildman–Crippen MR) is 59.8 cm³/mol. The fourth-order valence-corrected chi connectivity index (χ4v) is 1.79. The lowest BCUT2D eigenvalue weighted by molar-refractivity contribution is -0.141. The van der Waals surface area contributed by atoms with Crippen LogP contribution >= 0.6 is 0 Å². The molecular weight excluding hydrogens is 245 g/mol. The molecule has 0 spiro atoms. The molecule has 0 bridgehead atoms. The molecule has 1 aromatic rings. The van der Waals surface area contributed by atoms with Crippen molar-refractivity contribution < 1.29 is 18.3 Å². The maximum Gasteiger partial charge on any atom is 0.433 e. The zero-order valence-electron chi connectivity index (χ0n) is 9.74. The largest absolute Gasteiger partial charge is 0.433 e. The van der Waals surface area contributed by atoms with Crippen molar-refractivity contribution in [3.05, 3.63) is 29.6 Å². The number of alkyl halides is 3. The first-order chi connectivity index (χ1) is 8.47. The fraction of sp³-hybridized carbons (Fsp3) is 0.583. The molecule has 0 aromatic carbocycles. The Kier molecular flexibility index (Phi) is 3.87. The van der Waals surface area contributed by atoms with Crippen LogP contribution in [0.25, 0.3) is 0 Å². The van der Waals surface area contributed by atoms with E-state index in [1.807, 2.05) is 0 Å². The van der Waals surface area contributed by atoms with Crippen LogP contribution in [0.4, 0.5) is 13.2 Å². The van der Waals surface area contributed by atoms with Crippen LogP contribution in [0.15, 0.2) is 18.2 Å². The second-order valence-corrected chi connectivity index (χ2v) is 4.50. The number of pyridine rings is 1. The Morgan fingerprint density at radius 2 is 2.11 bits per heavy atom. The lowest BCUT2D eigenvalue weighted by Crippen LogP contribution is -2.37. The van der Waals surface area contributed by atoms with Gasteiger partial charge in [-0.25, -0.2) is 4.98 Å². The Hall–Kier alpha value is -1.14. The summed E-state index contributed by atoms with van der Waals surface area (Å²) in [6, 6.07) is 3.95. The van der Waals surface area contributed by atoms with Gasteiger partial charge in [0.05, 0.1) is 5.69 Å². The van der Waals surface area contributed by atoms with Crippen molar-refractivity contribution in [1.82, 2.24) is 10.3 Å². The van der Waals surface area contributed by atoms with Crippen LogP contribution in [-0.2, 0) is 6.18 Å². The van der Waals surface area contributed by atoms with E-state index in [9.17, 15) is 18.3 Å². The van der Waals surface area contributed by atoms with Crippen LogP contribution < -0.4 is 5.32 Å². The Balaban J connectivity index is 1.98. The second-order valence-electron chi connectivity index (χ2n) is 4.50. The smallest absolute Gasteiger partial charge is 0.385 e. The molecule has 1 saturated carbocycles. The number of aliphatic hydroxyl groups is 1. The molecular formula is C12H15F3N2O. The standard InChI is InChI=1S/C12H15F3N2O/c13-12(14,15)11-6-2-5-9(17-11)10(18)7-16-8-3-1-4-8/h2,5-6,8,10,16,18H,1,3-4,7H2/t10-/m1/s1. The van der Waals surface area contributed by atoms with Gasteiger partial charge in [0.1, 0.15) is 11.8 Å². The zero-order valence-corrected chi connectivity index (χ0v) is 9.74. The number of hydrogen-bond acceptors (Lipinski definition) is 3. The van der Waals surface area contributed by atoms with Gasteiger partial charge in [0.2, 0.25) is 0 Å². The van der Waals surface area contributed by atoms with Crippen LogP contribution in [0, 0.1) is 0 Å². The normalized spacial score (nSPS) is 18.4. The third-order valence-electron chi connectivity index (χ3n) is 3.11. The summed E-state index contributed by atoms with van der Waals surface area (Å²) in [5.74, 6) is 0. The molecule has 0 amide bonds. The molecule has 18 heavy (non-hydrogen) atoms. The zero-order chi connectivity index (χ0) is 13.2. The summed E-state index contributed by atoms with van der Waals surface area (Å²) in [6.45, 7) is 0.235. The van der Waals surface area contributed by atoms with Crippen molar-refractivity contribution in [2.24, 2.45) is 0 Å². The number of aromatic nitrogens is 1. The van der Waals surface area contributed by atoms with E-state index in [0.717, 1.165) is 25.3 Å². The maximum absolute atomic E-state index is 12.4. The van der Waals surface area contributed by atoms with Gasteiger partial charge in [-0.15, -0.1) is 0 Å². The molecule has 0 aliphatic heterocycles. The van der Waals surface area contributed by atoms with Crippen molar-refractivity contribution in [1.29, 1.82) is 0 Å². The molecule has 2 N–H and O–H groups in total. The van der Waals surface area contributed by atoms with Crippen LogP contribution in [0.2, 0.25) is 0 Å². The number of aliphatic hydroxyl groups excluding tert-OH is 1. The lowest BCUT2D eigenvalue weighted by atomic mass is 9.93. The van der Waals surface area contributed by atoms with Crippen molar-refractivity contribution in [3.63, 3.8) is 0 Å². The van der Waals surface area contributed by atoms with Crippen molar-refractivity contribution in [2.45, 2.75) is 37.6 Å². The first-order valence-electron chi connectivity index (χ1n) is 5.92. The van der Waals surface area contributed by atoms with Gasteiger partial charge in [0, 0.05) is 12.6 Å². The summed E-state index contributed by atoms with van der Waals surface area (Å²) < 4.78 is 37.3. The summed E-state index contributed by atoms with van der Waals surface area (Å²) in [4.78, 5) is 3.45. The molecule has 1 heterocycles. The first-order valence-corrected chi connectivity index (χ1v) is 5.92. The average molecular weight is 260 g/mol. The minimum Gasteiger partial charge on any atom is -0.385 e. The summed E-state index contributed by atoms with van der Waals surface area (Å²) in [7, 11) is 0. The molecule has 2 rings (SSSR count). The topological polar surface area (TPSA) is 45.1 Å². The van der Waals surface area contributed by atoms with Gasteiger partial charge >= 0.3 is 6.18 Å². The highest BCUT2D eigenvalue weighted by Crippen LogP contribution is 2.28. The van der Waals surface area contributed by atoms with E-state index in [4.69, 9.17) is 0 Å². The molecule has 1 aliphatic carbocycles. The molecule has 1 aromatic heterocycles. The van der Waals surface area contributed by atoms with E-state index in [1.54, 1.807) is 0 Å². The minimum atomic E-state index is -4.48. The summed E-state index contributed by atoms with van der Waals surface area (Å²) >= 11 is 0. The summed E-state index contributed by atoms with van der Waals surface area (Å²) in [5, 5.41) is 12.9. The van der Waals surface area contributed by atoms with E-state index >= 15 is 0 Å². The Bertz CT molecular complexity index is 405. The maximum atomic E-state index is 12.4. The minimum absolute atomic E-state index is 0.0525. The number of halogens is 3. The van der Waals surface area contributed by atoms with E-state index in [-0.39, 0.29) is 12.2 Å². The van der Waals surface area contributed by atoms with E-state index < -0.39 is 18.0 Å². The molecule has 1 atom stereocenters. The average Bonchev–Trinajstić information content (AvgIpc) is 2.26. The van der Waals surface area contributed by atoms with Crippen molar-refractivity contribution in [3.8, 4) is 0 Å². The Morgan fingerprint density at radius 1 is 1.39 bits per heavy atom. The van der Waals surface area contributed by atoms with Crippen molar-refractivity contribution in [2.75, 3.05) is 6.54 Å². The summed E-state index contributed by atoms with van der Waals surface area (Å²) in [5.41, 5.74) is -0.917. The van der Waals surface area contributed by atoms with Crippen LogP contribution in [-0.4, -0.2) is 22.7 Å². The molecule has 6 heteroatoms. The van der Waals surface area contributed by atoms with E-state index in [0.29, 0.717) is 6.04 Å². The molecule has 0 radical (unpaired) electrons. The van der Waals surface area contributed by atoms with Crippen LogP contribution in [0.1, 0.15) is 36.8 Å². The molecule has 0 unspecified atom stereocenters. The van der Waals surface area contributed by atoms with Gasteiger partial charge in [-0.05, 0) is 25.0 Å². The molecule has 3 nitrogen and oxygen atoms in total. The van der Waals surface area contributed by atoms with Gasteiger partial charge in [0.25, 0.3) is 0 Å².